The van der Waals surface area contributed by atoms with E-state index in [1.54, 1.807) is 0 Å². The van der Waals surface area contributed by atoms with E-state index in [0.717, 1.165) is 41.5 Å². The van der Waals surface area contributed by atoms with Crippen molar-refractivity contribution in [3.8, 4) is 11.1 Å². The summed E-state index contributed by atoms with van der Waals surface area (Å²) in [7, 11) is 0. The highest BCUT2D eigenvalue weighted by Crippen LogP contribution is 2.44. The third kappa shape index (κ3) is 6.59. The minimum absolute atomic E-state index is 0.0365. The molecule has 0 spiro atoms. The highest BCUT2D eigenvalue weighted by molar-refractivity contribution is 5.86. The summed E-state index contributed by atoms with van der Waals surface area (Å²) >= 11 is 0. The number of hydrogen-bond acceptors (Lipinski definition) is 4. The SMILES string of the molecule is CC(C)[C@@H](NC(=O)OCC1c2ccccc2-c2ccccc21)C(=O)NCCCCCCC(=O)O. The van der Waals surface area contributed by atoms with Crippen molar-refractivity contribution in [2.75, 3.05) is 13.2 Å². The number of nitrogens with one attached hydrogen (secondary N) is 2. The van der Waals surface area contributed by atoms with Crippen LogP contribution in [-0.2, 0) is 14.3 Å². The quantitative estimate of drug-likeness (QED) is 0.393. The standard InChI is InChI=1S/C27H34N2O5/c1-18(2)25(26(32)28-16-10-4-3-5-15-24(30)31)29-27(33)34-17-23-21-13-8-6-11-19(21)20-12-7-9-14-22(20)23/h6-9,11-14,18,23,25H,3-5,10,15-17H2,1-2H3,(H,28,32)(H,29,33)(H,30,31)/t25-/m1/s1. The first kappa shape index (κ1) is 25.3. The number of fused-ring (bicyclic) bond motifs is 3. The molecule has 0 aromatic heterocycles. The lowest BCUT2D eigenvalue weighted by molar-refractivity contribution is -0.137. The van der Waals surface area contributed by atoms with Crippen LogP contribution in [0.3, 0.4) is 0 Å². The van der Waals surface area contributed by atoms with E-state index >= 15 is 0 Å². The van der Waals surface area contributed by atoms with Crippen LogP contribution < -0.4 is 10.6 Å². The molecule has 182 valence electrons. The monoisotopic (exact) mass is 466 g/mol. The normalized spacial score (nSPS) is 13.1. The van der Waals surface area contributed by atoms with Gasteiger partial charge < -0.3 is 20.5 Å². The molecule has 3 N–H and O–H groups in total. The van der Waals surface area contributed by atoms with E-state index in [9.17, 15) is 14.4 Å². The molecule has 0 saturated carbocycles. The van der Waals surface area contributed by atoms with Gasteiger partial charge in [-0.2, -0.15) is 0 Å². The summed E-state index contributed by atoms with van der Waals surface area (Å²) in [6, 6.07) is 15.6. The summed E-state index contributed by atoms with van der Waals surface area (Å²) in [5.74, 6) is -1.16. The second kappa shape index (κ2) is 12.2. The molecule has 0 saturated heterocycles. The summed E-state index contributed by atoms with van der Waals surface area (Å²) in [5, 5.41) is 14.2. The fourth-order valence-corrected chi connectivity index (χ4v) is 4.38. The Kier molecular flexibility index (Phi) is 9.08. The van der Waals surface area contributed by atoms with Crippen LogP contribution >= 0.6 is 0 Å². The lowest BCUT2D eigenvalue weighted by atomic mass is 9.98. The van der Waals surface area contributed by atoms with Gasteiger partial charge in [0.1, 0.15) is 12.6 Å². The molecule has 0 unspecified atom stereocenters. The highest BCUT2D eigenvalue weighted by Gasteiger charge is 2.30. The maximum Gasteiger partial charge on any atom is 0.407 e. The van der Waals surface area contributed by atoms with Crippen LogP contribution in [0.5, 0.6) is 0 Å². The lowest BCUT2D eigenvalue weighted by Gasteiger charge is -2.22. The summed E-state index contributed by atoms with van der Waals surface area (Å²) in [6.07, 6.45) is 2.63. The number of alkyl carbamates (subject to hydrolysis) is 1. The number of carboxylic acid groups (broad SMARTS) is 1. The number of aliphatic carboxylic acids is 1. The van der Waals surface area contributed by atoms with Gasteiger partial charge in [-0.25, -0.2) is 4.79 Å². The molecule has 0 fully saturated rings. The van der Waals surface area contributed by atoms with E-state index < -0.39 is 18.1 Å². The van der Waals surface area contributed by atoms with Crippen molar-refractivity contribution in [1.29, 1.82) is 0 Å². The van der Waals surface area contributed by atoms with Crippen LogP contribution in [0.25, 0.3) is 11.1 Å². The van der Waals surface area contributed by atoms with Crippen molar-refractivity contribution in [2.24, 2.45) is 5.92 Å². The number of benzene rings is 2. The predicted octanol–water partition coefficient (Wildman–Crippen LogP) is 4.70. The van der Waals surface area contributed by atoms with Crippen LogP contribution in [-0.4, -0.2) is 42.3 Å². The van der Waals surface area contributed by atoms with Crippen molar-refractivity contribution in [3.05, 3.63) is 59.7 Å². The number of amides is 2. The molecule has 2 aromatic rings. The Morgan fingerprint density at radius 3 is 2.09 bits per heavy atom. The van der Waals surface area contributed by atoms with Crippen molar-refractivity contribution < 1.29 is 24.2 Å². The molecule has 0 radical (unpaired) electrons. The number of unbranched alkanes of at least 4 members (excludes halogenated alkanes) is 3. The van der Waals surface area contributed by atoms with E-state index in [4.69, 9.17) is 9.84 Å². The fourth-order valence-electron chi connectivity index (χ4n) is 4.38. The molecule has 0 aliphatic heterocycles. The van der Waals surface area contributed by atoms with E-state index in [2.05, 4.69) is 34.9 Å². The molecule has 3 rings (SSSR count). The molecule has 34 heavy (non-hydrogen) atoms. The first-order valence-electron chi connectivity index (χ1n) is 12.0. The van der Waals surface area contributed by atoms with Gasteiger partial charge in [-0.05, 0) is 41.0 Å². The molecular weight excluding hydrogens is 432 g/mol. The molecule has 7 nitrogen and oxygen atoms in total. The van der Waals surface area contributed by atoms with Crippen LogP contribution in [0.2, 0.25) is 0 Å². The first-order valence-corrected chi connectivity index (χ1v) is 12.0. The second-order valence-corrected chi connectivity index (χ2v) is 9.04. The van der Waals surface area contributed by atoms with Gasteiger partial charge in [-0.15, -0.1) is 0 Å². The van der Waals surface area contributed by atoms with Gasteiger partial charge in [0.15, 0.2) is 0 Å². The maximum absolute atomic E-state index is 12.6. The van der Waals surface area contributed by atoms with E-state index in [1.165, 1.54) is 0 Å². The van der Waals surface area contributed by atoms with Gasteiger partial charge in [-0.1, -0.05) is 75.2 Å². The van der Waals surface area contributed by atoms with Crippen molar-refractivity contribution in [2.45, 2.75) is 57.9 Å². The smallest absolute Gasteiger partial charge is 0.407 e. The van der Waals surface area contributed by atoms with Crippen LogP contribution in [0.15, 0.2) is 48.5 Å². The zero-order chi connectivity index (χ0) is 24.5. The van der Waals surface area contributed by atoms with Crippen molar-refractivity contribution in [1.82, 2.24) is 10.6 Å². The predicted molar refractivity (Wildman–Crippen MR) is 131 cm³/mol. The lowest BCUT2D eigenvalue weighted by Crippen LogP contribution is -2.50. The Labute approximate surface area is 200 Å². The topological polar surface area (TPSA) is 105 Å². The molecule has 7 heteroatoms. The summed E-state index contributed by atoms with van der Waals surface area (Å²) in [4.78, 5) is 35.7. The van der Waals surface area contributed by atoms with Crippen LogP contribution in [0.4, 0.5) is 4.79 Å². The Hall–Kier alpha value is -3.35. The number of hydrogen-bond donors (Lipinski definition) is 3. The number of carbonyl (C=O) groups excluding carboxylic acids is 2. The molecule has 2 amide bonds. The van der Waals surface area contributed by atoms with Gasteiger partial charge in [0.2, 0.25) is 5.91 Å². The number of carbonyl (C=O) groups is 3. The van der Waals surface area contributed by atoms with Crippen LogP contribution in [0.1, 0.15) is 63.0 Å². The third-order valence-corrected chi connectivity index (χ3v) is 6.18. The number of ether oxygens (including phenoxy) is 1. The minimum Gasteiger partial charge on any atom is -0.481 e. The Balaban J connectivity index is 1.48. The minimum atomic E-state index is -0.785. The van der Waals surface area contributed by atoms with Crippen LogP contribution in [0, 0.1) is 5.92 Å². The largest absolute Gasteiger partial charge is 0.481 e. The first-order chi connectivity index (χ1) is 16.4. The summed E-state index contributed by atoms with van der Waals surface area (Å²) in [6.45, 7) is 4.43. The Bertz CT molecular complexity index is 959. The van der Waals surface area contributed by atoms with Gasteiger partial charge in [0.05, 0.1) is 0 Å². The molecule has 1 atom stereocenters. The molecule has 2 aromatic carbocycles. The van der Waals surface area contributed by atoms with Gasteiger partial charge in [0, 0.05) is 18.9 Å². The molecule has 0 bridgehead atoms. The Morgan fingerprint density at radius 1 is 0.912 bits per heavy atom. The highest BCUT2D eigenvalue weighted by atomic mass is 16.5. The third-order valence-electron chi connectivity index (χ3n) is 6.18. The molecule has 0 heterocycles. The Morgan fingerprint density at radius 2 is 1.50 bits per heavy atom. The molecule has 1 aliphatic rings. The van der Waals surface area contributed by atoms with E-state index in [-0.39, 0.29) is 30.8 Å². The van der Waals surface area contributed by atoms with Crippen molar-refractivity contribution >= 4 is 18.0 Å². The zero-order valence-electron chi connectivity index (χ0n) is 19.9. The molecule has 1 aliphatic carbocycles. The number of carboxylic acids is 1. The zero-order valence-corrected chi connectivity index (χ0v) is 19.9. The second-order valence-electron chi connectivity index (χ2n) is 9.04. The van der Waals surface area contributed by atoms with E-state index in [1.807, 2.05) is 38.1 Å². The summed E-state index contributed by atoms with van der Waals surface area (Å²) in [5.41, 5.74) is 4.60. The van der Waals surface area contributed by atoms with Crippen molar-refractivity contribution in [3.63, 3.8) is 0 Å². The summed E-state index contributed by atoms with van der Waals surface area (Å²) < 4.78 is 5.58. The van der Waals surface area contributed by atoms with Gasteiger partial charge in [0.25, 0.3) is 0 Å². The van der Waals surface area contributed by atoms with Gasteiger partial charge in [-0.3, -0.25) is 9.59 Å². The fraction of sp³-hybridized carbons (Fsp3) is 0.444. The van der Waals surface area contributed by atoms with E-state index in [0.29, 0.717) is 13.0 Å². The van der Waals surface area contributed by atoms with Gasteiger partial charge >= 0.3 is 12.1 Å². The number of rotatable bonds is 12. The maximum atomic E-state index is 12.6. The average Bonchev–Trinajstić information content (AvgIpc) is 3.13. The average molecular weight is 467 g/mol. The molecular formula is C27H34N2O5.